The first-order valence-electron chi connectivity index (χ1n) is 20.0. The van der Waals surface area contributed by atoms with Crippen molar-refractivity contribution in [2.24, 2.45) is 0 Å². The molecule has 0 radical (unpaired) electrons. The molecular weight excluding hydrogens is 719 g/mol. The second-order valence-electron chi connectivity index (χ2n) is 14.9. The van der Waals surface area contributed by atoms with E-state index in [1.807, 2.05) is 11.3 Å². The molecular formula is C56H41NS. The van der Waals surface area contributed by atoms with Crippen molar-refractivity contribution >= 4 is 48.6 Å². The monoisotopic (exact) mass is 759 g/mol. The van der Waals surface area contributed by atoms with E-state index in [0.29, 0.717) is 0 Å². The minimum atomic E-state index is 0.856. The summed E-state index contributed by atoms with van der Waals surface area (Å²) in [6.07, 6.45) is 1.75. The second kappa shape index (κ2) is 15.9. The molecule has 1 aromatic heterocycles. The van der Waals surface area contributed by atoms with Crippen LogP contribution in [0.5, 0.6) is 0 Å². The molecule has 0 fully saturated rings. The third kappa shape index (κ3) is 7.23. The van der Waals surface area contributed by atoms with Crippen LogP contribution in [0.3, 0.4) is 0 Å². The molecule has 0 spiro atoms. The summed E-state index contributed by atoms with van der Waals surface area (Å²) in [4.78, 5) is 2.38. The first-order valence-corrected chi connectivity index (χ1v) is 20.8. The molecule has 10 rings (SSSR count). The van der Waals surface area contributed by atoms with Gasteiger partial charge in [0.25, 0.3) is 0 Å². The van der Waals surface area contributed by atoms with E-state index in [2.05, 4.69) is 229 Å². The number of anilines is 3. The summed E-state index contributed by atoms with van der Waals surface area (Å²) in [5, 5.41) is 2.62. The molecule has 0 saturated carbocycles. The van der Waals surface area contributed by atoms with Crippen LogP contribution in [0.1, 0.15) is 22.3 Å². The number of hydrogen-bond donors (Lipinski definition) is 0. The molecule has 0 amide bonds. The van der Waals surface area contributed by atoms with Gasteiger partial charge in [0.05, 0.1) is 0 Å². The van der Waals surface area contributed by atoms with E-state index >= 15 is 0 Å². The van der Waals surface area contributed by atoms with Gasteiger partial charge in [-0.15, -0.1) is 11.3 Å². The lowest BCUT2D eigenvalue weighted by molar-refractivity contribution is 1.17. The summed E-state index contributed by atoms with van der Waals surface area (Å²) in [5.41, 5.74) is 16.1. The van der Waals surface area contributed by atoms with Gasteiger partial charge in [0, 0.05) is 37.2 Å². The Bertz CT molecular complexity index is 2970. The zero-order chi connectivity index (χ0) is 38.7. The molecule has 0 aliphatic heterocycles. The van der Waals surface area contributed by atoms with Gasteiger partial charge in [0.1, 0.15) is 0 Å². The maximum atomic E-state index is 2.41. The van der Waals surface area contributed by atoms with Crippen LogP contribution in [0.15, 0.2) is 224 Å². The Labute approximate surface area is 344 Å². The fraction of sp³-hybridized carbons (Fsp3) is 0.0357. The van der Waals surface area contributed by atoms with Crippen molar-refractivity contribution in [2.75, 3.05) is 4.90 Å². The van der Waals surface area contributed by atoms with Gasteiger partial charge in [-0.2, -0.15) is 0 Å². The first-order chi connectivity index (χ1) is 28.7. The molecule has 0 atom stereocenters. The van der Waals surface area contributed by atoms with Gasteiger partial charge < -0.3 is 4.90 Å². The van der Waals surface area contributed by atoms with E-state index in [0.717, 1.165) is 29.9 Å². The molecule has 0 unspecified atom stereocenters. The zero-order valence-corrected chi connectivity index (χ0v) is 32.9. The van der Waals surface area contributed by atoms with Gasteiger partial charge in [0.15, 0.2) is 0 Å². The Morgan fingerprint density at radius 2 is 0.793 bits per heavy atom. The molecule has 2 heteroatoms. The van der Waals surface area contributed by atoms with Crippen LogP contribution in [0.25, 0.3) is 53.6 Å². The molecule has 58 heavy (non-hydrogen) atoms. The van der Waals surface area contributed by atoms with Crippen LogP contribution in [-0.2, 0) is 12.8 Å². The summed E-state index contributed by atoms with van der Waals surface area (Å²) < 4.78 is 2.60. The third-order valence-electron chi connectivity index (χ3n) is 11.2. The summed E-state index contributed by atoms with van der Waals surface area (Å²) in [5.74, 6) is 0. The minimum Gasteiger partial charge on any atom is -0.310 e. The van der Waals surface area contributed by atoms with Crippen molar-refractivity contribution in [3.8, 4) is 33.4 Å². The largest absolute Gasteiger partial charge is 0.310 e. The number of benzene rings is 9. The van der Waals surface area contributed by atoms with E-state index in [1.54, 1.807) is 0 Å². The fourth-order valence-electron chi connectivity index (χ4n) is 8.29. The lowest BCUT2D eigenvalue weighted by Crippen LogP contribution is -2.09. The highest BCUT2D eigenvalue weighted by atomic mass is 32.1. The van der Waals surface area contributed by atoms with Gasteiger partial charge in [-0.1, -0.05) is 182 Å². The van der Waals surface area contributed by atoms with Crippen LogP contribution in [0.2, 0.25) is 0 Å². The highest BCUT2D eigenvalue weighted by Gasteiger charge is 2.17. The van der Waals surface area contributed by atoms with E-state index in [9.17, 15) is 0 Å². The zero-order valence-electron chi connectivity index (χ0n) is 32.1. The predicted octanol–water partition coefficient (Wildman–Crippen LogP) is 15.7. The maximum absolute atomic E-state index is 2.41. The Kier molecular flexibility index (Phi) is 9.69. The van der Waals surface area contributed by atoms with E-state index in [1.165, 1.54) is 75.8 Å². The van der Waals surface area contributed by atoms with Gasteiger partial charge in [-0.05, 0) is 111 Å². The van der Waals surface area contributed by atoms with Crippen molar-refractivity contribution in [2.45, 2.75) is 12.8 Å². The summed E-state index contributed by atoms with van der Waals surface area (Å²) in [7, 11) is 0. The predicted molar refractivity (Wildman–Crippen MR) is 249 cm³/mol. The van der Waals surface area contributed by atoms with Crippen LogP contribution >= 0.6 is 11.3 Å². The van der Waals surface area contributed by atoms with Crippen molar-refractivity contribution in [1.82, 2.24) is 0 Å². The Hall–Kier alpha value is -7.00. The van der Waals surface area contributed by atoms with Crippen LogP contribution in [0, 0.1) is 0 Å². The summed E-state index contributed by atoms with van der Waals surface area (Å²) in [6, 6.07) is 81.9. The van der Waals surface area contributed by atoms with E-state index in [-0.39, 0.29) is 0 Å². The highest BCUT2D eigenvalue weighted by molar-refractivity contribution is 7.25. The number of rotatable bonds is 10. The first kappa shape index (κ1) is 35.4. The smallest absolute Gasteiger partial charge is 0.0476 e. The maximum Gasteiger partial charge on any atom is 0.0476 e. The Balaban J connectivity index is 1.03. The lowest BCUT2D eigenvalue weighted by Gasteiger charge is -2.26. The Morgan fingerprint density at radius 1 is 0.310 bits per heavy atom. The third-order valence-corrected chi connectivity index (χ3v) is 12.3. The molecule has 0 bridgehead atoms. The van der Waals surface area contributed by atoms with Crippen molar-refractivity contribution in [3.05, 3.63) is 247 Å². The number of thiophene rings is 1. The van der Waals surface area contributed by atoms with Gasteiger partial charge in [0.2, 0.25) is 0 Å². The number of hydrogen-bond acceptors (Lipinski definition) is 2. The lowest BCUT2D eigenvalue weighted by atomic mass is 9.88. The van der Waals surface area contributed by atoms with Crippen LogP contribution in [-0.4, -0.2) is 0 Å². The molecule has 9 aromatic carbocycles. The normalized spacial score (nSPS) is 11.2. The van der Waals surface area contributed by atoms with Crippen LogP contribution in [0.4, 0.5) is 17.1 Å². The molecule has 10 aromatic rings. The molecule has 1 heterocycles. The second-order valence-corrected chi connectivity index (χ2v) is 16.0. The molecule has 276 valence electrons. The standard InChI is InChI=1S/C56H41NS/c1-4-14-40(15-5-1)36-46-20-10-11-21-51(46)52-34-28-45(38-47(52)37-41-16-6-2-7-17-41)44-26-31-49(32-27-44)57(48-29-24-43(25-30-48)42-18-8-3-9-19-42)50-33-35-54-53-22-12-13-23-55(53)58-56(54)39-50/h1-35,38-39H,36-37H2. The molecule has 1 nitrogen and oxygen atoms in total. The van der Waals surface area contributed by atoms with Crippen molar-refractivity contribution < 1.29 is 0 Å². The summed E-state index contributed by atoms with van der Waals surface area (Å²) >= 11 is 1.86. The molecule has 0 aliphatic carbocycles. The SMILES string of the molecule is c1ccc(Cc2ccccc2-c2ccc(-c3ccc(N(c4ccc(-c5ccccc5)cc4)c4ccc5c(c4)sc4ccccc45)cc3)cc2Cc2ccccc2)cc1. The van der Waals surface area contributed by atoms with Crippen molar-refractivity contribution in [1.29, 1.82) is 0 Å². The van der Waals surface area contributed by atoms with Crippen LogP contribution < -0.4 is 4.90 Å². The highest BCUT2D eigenvalue weighted by Crippen LogP contribution is 2.42. The quantitative estimate of drug-likeness (QED) is 0.134. The van der Waals surface area contributed by atoms with Gasteiger partial charge >= 0.3 is 0 Å². The Morgan fingerprint density at radius 3 is 1.48 bits per heavy atom. The van der Waals surface area contributed by atoms with Crippen molar-refractivity contribution in [3.63, 3.8) is 0 Å². The van der Waals surface area contributed by atoms with E-state index < -0.39 is 0 Å². The number of nitrogens with zero attached hydrogens (tertiary/aromatic N) is 1. The number of fused-ring (bicyclic) bond motifs is 3. The fourth-order valence-corrected chi connectivity index (χ4v) is 9.43. The van der Waals surface area contributed by atoms with Gasteiger partial charge in [-0.3, -0.25) is 0 Å². The summed E-state index contributed by atoms with van der Waals surface area (Å²) in [6.45, 7) is 0. The average molecular weight is 760 g/mol. The van der Waals surface area contributed by atoms with Gasteiger partial charge in [-0.25, -0.2) is 0 Å². The molecule has 0 saturated heterocycles. The minimum absolute atomic E-state index is 0.856. The molecule has 0 N–H and O–H groups in total. The van der Waals surface area contributed by atoms with E-state index in [4.69, 9.17) is 0 Å². The topological polar surface area (TPSA) is 3.24 Å². The average Bonchev–Trinajstić information content (AvgIpc) is 3.66. The molecule has 0 aliphatic rings.